The lowest BCUT2D eigenvalue weighted by Crippen LogP contribution is -2.75. The molecule has 224 valence electrons. The molecule has 0 spiro atoms. The standard InChI is InChI=1S/C44H29N3Si/c45-30-32-27-40(33-15-14-16-34(29-33)47-42-25-12-10-23-38(42)39-24-11-13-26-43(39)47)41(31-46)44(28-32)48(35-17-4-1-5-18-35,36-19-6-2-7-20-36)37-21-8-3-9-22-37/h1-29H. The van der Waals surface area contributed by atoms with Crippen LogP contribution in [0.3, 0.4) is 0 Å². The number of fused-ring (bicyclic) bond motifs is 3. The molecule has 0 aliphatic carbocycles. The summed E-state index contributed by atoms with van der Waals surface area (Å²) in [6, 6.07) is 65.8. The lowest BCUT2D eigenvalue weighted by Gasteiger charge is -2.35. The van der Waals surface area contributed by atoms with Crippen molar-refractivity contribution in [3.63, 3.8) is 0 Å². The summed E-state index contributed by atoms with van der Waals surface area (Å²) in [5.41, 5.74) is 6.00. The highest BCUT2D eigenvalue weighted by Crippen LogP contribution is 2.34. The highest BCUT2D eigenvalue weighted by atomic mass is 28.3. The normalized spacial score (nSPS) is 11.3. The van der Waals surface area contributed by atoms with Gasteiger partial charge in [0.2, 0.25) is 0 Å². The van der Waals surface area contributed by atoms with E-state index in [0.29, 0.717) is 11.1 Å². The van der Waals surface area contributed by atoms with Crippen molar-refractivity contribution in [1.82, 2.24) is 4.57 Å². The first-order valence-corrected chi connectivity index (χ1v) is 18.0. The smallest absolute Gasteiger partial charge is 0.181 e. The summed E-state index contributed by atoms with van der Waals surface area (Å²) in [4.78, 5) is 0. The van der Waals surface area contributed by atoms with Crippen LogP contribution in [0.1, 0.15) is 11.1 Å². The van der Waals surface area contributed by atoms with Crippen LogP contribution in [0.15, 0.2) is 176 Å². The molecule has 1 heterocycles. The third kappa shape index (κ3) is 4.55. The lowest BCUT2D eigenvalue weighted by atomic mass is 9.97. The molecule has 48 heavy (non-hydrogen) atoms. The summed E-state index contributed by atoms with van der Waals surface area (Å²) in [6.07, 6.45) is 0. The van der Waals surface area contributed by atoms with Crippen LogP contribution in [-0.2, 0) is 0 Å². The Labute approximate surface area is 280 Å². The maximum absolute atomic E-state index is 11.1. The number of nitriles is 2. The monoisotopic (exact) mass is 627 g/mol. The number of aromatic nitrogens is 1. The fourth-order valence-electron chi connectivity index (χ4n) is 7.39. The first kappa shape index (κ1) is 29.0. The van der Waals surface area contributed by atoms with Gasteiger partial charge in [0.05, 0.1) is 34.3 Å². The Morgan fingerprint density at radius 2 is 0.958 bits per heavy atom. The van der Waals surface area contributed by atoms with Crippen LogP contribution < -0.4 is 20.7 Å². The highest BCUT2D eigenvalue weighted by molar-refractivity contribution is 7.20. The Morgan fingerprint density at radius 1 is 0.458 bits per heavy atom. The number of para-hydroxylation sites is 2. The number of hydrogen-bond acceptors (Lipinski definition) is 2. The molecule has 0 aliphatic heterocycles. The van der Waals surface area contributed by atoms with Crippen LogP contribution in [-0.4, -0.2) is 12.6 Å². The average Bonchev–Trinajstić information content (AvgIpc) is 3.51. The summed E-state index contributed by atoms with van der Waals surface area (Å²) in [5, 5.41) is 28.4. The van der Waals surface area contributed by atoms with E-state index >= 15 is 0 Å². The molecule has 8 aromatic rings. The minimum Gasteiger partial charge on any atom is -0.309 e. The molecular weight excluding hydrogens is 599 g/mol. The van der Waals surface area contributed by atoms with Crippen LogP contribution in [0.2, 0.25) is 0 Å². The van der Waals surface area contributed by atoms with E-state index in [1.807, 2.05) is 36.4 Å². The third-order valence-corrected chi connectivity index (χ3v) is 14.2. The molecule has 0 unspecified atom stereocenters. The van der Waals surface area contributed by atoms with Crippen molar-refractivity contribution in [2.24, 2.45) is 0 Å². The van der Waals surface area contributed by atoms with E-state index in [2.05, 4.69) is 156 Å². The fraction of sp³-hybridized carbons (Fsp3) is 0. The maximum atomic E-state index is 11.1. The molecule has 0 amide bonds. The van der Waals surface area contributed by atoms with E-state index < -0.39 is 8.07 Å². The van der Waals surface area contributed by atoms with Crippen molar-refractivity contribution in [2.45, 2.75) is 0 Å². The molecule has 0 fully saturated rings. The minimum atomic E-state index is -3.10. The highest BCUT2D eigenvalue weighted by Gasteiger charge is 2.43. The molecule has 0 saturated carbocycles. The molecule has 0 radical (unpaired) electrons. The number of hydrogen-bond donors (Lipinski definition) is 0. The maximum Gasteiger partial charge on any atom is 0.181 e. The Bertz CT molecular complexity index is 2370. The molecular formula is C44H29N3Si. The molecule has 1 aromatic heterocycles. The average molecular weight is 628 g/mol. The van der Waals surface area contributed by atoms with Crippen LogP contribution >= 0.6 is 0 Å². The van der Waals surface area contributed by atoms with Crippen LogP contribution in [0, 0.1) is 22.7 Å². The predicted molar refractivity (Wildman–Crippen MR) is 199 cm³/mol. The van der Waals surface area contributed by atoms with Gasteiger partial charge in [0, 0.05) is 22.0 Å². The summed E-state index contributed by atoms with van der Waals surface area (Å²) in [6.45, 7) is 0. The SMILES string of the molecule is N#Cc1cc(-c2cccc(-n3c4ccccc4c4ccccc43)c2)c(C#N)c([Si](c2ccccc2)(c2ccccc2)c2ccccc2)c1. The summed E-state index contributed by atoms with van der Waals surface area (Å²) < 4.78 is 2.28. The topological polar surface area (TPSA) is 52.5 Å². The molecule has 4 heteroatoms. The van der Waals surface area contributed by atoms with Gasteiger partial charge in [0.15, 0.2) is 8.07 Å². The van der Waals surface area contributed by atoms with Gasteiger partial charge >= 0.3 is 0 Å². The van der Waals surface area contributed by atoms with E-state index in [0.717, 1.165) is 48.6 Å². The van der Waals surface area contributed by atoms with Crippen molar-refractivity contribution in [3.05, 3.63) is 187 Å². The Balaban J connectivity index is 1.45. The van der Waals surface area contributed by atoms with Crippen LogP contribution in [0.5, 0.6) is 0 Å². The predicted octanol–water partition coefficient (Wildman–Crippen LogP) is 7.57. The molecule has 0 N–H and O–H groups in total. The largest absolute Gasteiger partial charge is 0.309 e. The molecule has 3 nitrogen and oxygen atoms in total. The summed E-state index contributed by atoms with van der Waals surface area (Å²) in [5.74, 6) is 0. The van der Waals surface area contributed by atoms with Gasteiger partial charge in [-0.2, -0.15) is 10.5 Å². The second kappa shape index (κ2) is 12.0. The third-order valence-electron chi connectivity index (χ3n) is 9.40. The van der Waals surface area contributed by atoms with Gasteiger partial charge in [-0.05, 0) is 62.7 Å². The zero-order chi connectivity index (χ0) is 32.5. The van der Waals surface area contributed by atoms with Gasteiger partial charge in [-0.3, -0.25) is 0 Å². The number of nitrogens with zero attached hydrogens (tertiary/aromatic N) is 3. The van der Waals surface area contributed by atoms with Gasteiger partial charge in [0.1, 0.15) is 0 Å². The van der Waals surface area contributed by atoms with Crippen LogP contribution in [0.25, 0.3) is 38.6 Å². The van der Waals surface area contributed by atoms with Crippen molar-refractivity contribution in [1.29, 1.82) is 10.5 Å². The van der Waals surface area contributed by atoms with Gasteiger partial charge in [-0.15, -0.1) is 0 Å². The summed E-state index contributed by atoms with van der Waals surface area (Å²) >= 11 is 0. The van der Waals surface area contributed by atoms with Crippen LogP contribution in [0.4, 0.5) is 0 Å². The van der Waals surface area contributed by atoms with Crippen molar-refractivity contribution in [3.8, 4) is 29.0 Å². The molecule has 0 atom stereocenters. The zero-order valence-corrected chi connectivity index (χ0v) is 27.1. The van der Waals surface area contributed by atoms with E-state index in [9.17, 15) is 10.5 Å². The van der Waals surface area contributed by atoms with E-state index in [-0.39, 0.29) is 0 Å². The quantitative estimate of drug-likeness (QED) is 0.141. The fourth-order valence-corrected chi connectivity index (χ4v) is 12.3. The molecule has 0 bridgehead atoms. The number of benzene rings is 7. The second-order valence-electron chi connectivity index (χ2n) is 11.9. The number of rotatable bonds is 6. The van der Waals surface area contributed by atoms with Crippen molar-refractivity contribution < 1.29 is 0 Å². The Kier molecular flexibility index (Phi) is 7.27. The second-order valence-corrected chi connectivity index (χ2v) is 15.7. The first-order chi connectivity index (χ1) is 23.7. The van der Waals surface area contributed by atoms with Gasteiger partial charge in [-0.25, -0.2) is 0 Å². The minimum absolute atomic E-state index is 0.529. The van der Waals surface area contributed by atoms with Crippen molar-refractivity contribution in [2.75, 3.05) is 0 Å². The van der Waals surface area contributed by atoms with E-state index in [1.165, 1.54) is 10.8 Å². The van der Waals surface area contributed by atoms with Gasteiger partial charge in [0.25, 0.3) is 0 Å². The van der Waals surface area contributed by atoms with E-state index in [1.54, 1.807) is 0 Å². The summed E-state index contributed by atoms with van der Waals surface area (Å²) in [7, 11) is -3.10. The molecule has 8 rings (SSSR count). The molecule has 0 aliphatic rings. The molecule has 7 aromatic carbocycles. The van der Waals surface area contributed by atoms with E-state index in [4.69, 9.17) is 0 Å². The van der Waals surface area contributed by atoms with Gasteiger partial charge in [-0.1, -0.05) is 140 Å². The zero-order valence-electron chi connectivity index (χ0n) is 26.1. The first-order valence-electron chi connectivity index (χ1n) is 16.0. The Morgan fingerprint density at radius 3 is 1.46 bits per heavy atom. The Hall–Kier alpha value is -6.46. The molecule has 0 saturated heterocycles. The lowest BCUT2D eigenvalue weighted by molar-refractivity contribution is 1.18. The van der Waals surface area contributed by atoms with Crippen molar-refractivity contribution >= 4 is 50.6 Å². The van der Waals surface area contributed by atoms with Gasteiger partial charge < -0.3 is 4.57 Å².